The van der Waals surface area contributed by atoms with Crippen LogP contribution in [0.2, 0.25) is 0 Å². The van der Waals surface area contributed by atoms with Gasteiger partial charge in [0.2, 0.25) is 5.91 Å². The van der Waals surface area contributed by atoms with Crippen LogP contribution in [0.5, 0.6) is 0 Å². The molecule has 0 saturated carbocycles. The van der Waals surface area contributed by atoms with Crippen molar-refractivity contribution in [1.82, 2.24) is 19.8 Å². The summed E-state index contributed by atoms with van der Waals surface area (Å²) in [5.74, 6) is 0.780. The first-order valence-corrected chi connectivity index (χ1v) is 10.1. The highest BCUT2D eigenvalue weighted by Crippen LogP contribution is 2.20. The zero-order valence-electron chi connectivity index (χ0n) is 16.7. The van der Waals surface area contributed by atoms with E-state index in [9.17, 15) is 14.0 Å². The summed E-state index contributed by atoms with van der Waals surface area (Å²) in [6.45, 7) is 8.47. The number of fused-ring (bicyclic) bond motifs is 1. The van der Waals surface area contributed by atoms with Gasteiger partial charge >= 0.3 is 0 Å². The highest BCUT2D eigenvalue weighted by atomic mass is 19.1. The van der Waals surface area contributed by atoms with Gasteiger partial charge in [0.05, 0.1) is 17.2 Å². The zero-order chi connectivity index (χ0) is 20.1. The molecule has 28 heavy (non-hydrogen) atoms. The average molecular weight is 388 g/mol. The smallest absolute Gasteiger partial charge is 0.261 e. The Morgan fingerprint density at radius 2 is 2.00 bits per heavy atom. The lowest BCUT2D eigenvalue weighted by Gasteiger charge is -2.34. The van der Waals surface area contributed by atoms with E-state index in [2.05, 4.69) is 29.0 Å². The summed E-state index contributed by atoms with van der Waals surface area (Å²) in [4.78, 5) is 31.2. The van der Waals surface area contributed by atoms with Gasteiger partial charge < -0.3 is 10.2 Å². The molecule has 1 aromatic carbocycles. The van der Waals surface area contributed by atoms with Gasteiger partial charge in [0.25, 0.3) is 5.56 Å². The van der Waals surface area contributed by atoms with Crippen LogP contribution < -0.4 is 10.9 Å². The first-order valence-electron chi connectivity index (χ1n) is 10.1. The Hall–Kier alpha value is -2.28. The number of likely N-dealkylation sites (tertiary alicyclic amines) is 1. The number of piperidine rings is 1. The molecule has 1 saturated heterocycles. The molecule has 2 heterocycles. The minimum Gasteiger partial charge on any atom is -0.355 e. The fourth-order valence-electron chi connectivity index (χ4n) is 4.12. The molecule has 1 amide bonds. The Morgan fingerprint density at radius 1 is 1.25 bits per heavy atom. The maximum absolute atomic E-state index is 13.4. The number of carbonyl (C=O) groups excluding carboxylic acids is 1. The molecule has 2 atom stereocenters. The normalized spacial score (nSPS) is 20.4. The van der Waals surface area contributed by atoms with Crippen molar-refractivity contribution in [1.29, 1.82) is 0 Å². The fourth-order valence-corrected chi connectivity index (χ4v) is 4.12. The lowest BCUT2D eigenvalue weighted by molar-refractivity contribution is -0.121. The van der Waals surface area contributed by atoms with Gasteiger partial charge in [-0.25, -0.2) is 9.37 Å². The van der Waals surface area contributed by atoms with Crippen LogP contribution in [0.25, 0.3) is 10.9 Å². The number of rotatable bonds is 7. The Balaban J connectivity index is 1.43. The first kappa shape index (κ1) is 20.5. The summed E-state index contributed by atoms with van der Waals surface area (Å²) in [5, 5.41) is 3.03. The van der Waals surface area contributed by atoms with Crippen LogP contribution in [-0.4, -0.2) is 46.5 Å². The van der Waals surface area contributed by atoms with Crippen LogP contribution in [-0.2, 0) is 11.3 Å². The maximum Gasteiger partial charge on any atom is 0.261 e. The summed E-state index contributed by atoms with van der Waals surface area (Å²) < 4.78 is 14.6. The number of amides is 1. The lowest BCUT2D eigenvalue weighted by Crippen LogP contribution is -2.39. The number of carbonyl (C=O) groups is 1. The van der Waals surface area contributed by atoms with Crippen molar-refractivity contribution < 1.29 is 9.18 Å². The van der Waals surface area contributed by atoms with Gasteiger partial charge in [-0.3, -0.25) is 14.2 Å². The second-order valence-electron chi connectivity index (χ2n) is 8.10. The van der Waals surface area contributed by atoms with Crippen molar-refractivity contribution in [2.75, 3.05) is 26.2 Å². The largest absolute Gasteiger partial charge is 0.355 e. The van der Waals surface area contributed by atoms with Crippen molar-refractivity contribution in [3.8, 4) is 0 Å². The molecule has 3 rings (SSSR count). The van der Waals surface area contributed by atoms with E-state index >= 15 is 0 Å². The zero-order valence-corrected chi connectivity index (χ0v) is 16.7. The predicted octanol–water partition coefficient (Wildman–Crippen LogP) is 2.41. The van der Waals surface area contributed by atoms with Gasteiger partial charge in [0.15, 0.2) is 0 Å². The average Bonchev–Trinajstić information content (AvgIpc) is 2.63. The topological polar surface area (TPSA) is 67.2 Å². The summed E-state index contributed by atoms with van der Waals surface area (Å²) in [5.41, 5.74) is 0.0115. The van der Waals surface area contributed by atoms with Gasteiger partial charge in [-0.15, -0.1) is 0 Å². The summed E-state index contributed by atoms with van der Waals surface area (Å²) in [7, 11) is 0. The number of hydrogen-bond donors (Lipinski definition) is 1. The molecule has 1 fully saturated rings. The Labute approximate surface area is 164 Å². The van der Waals surface area contributed by atoms with Gasteiger partial charge in [-0.2, -0.15) is 0 Å². The molecule has 1 aliphatic rings. The van der Waals surface area contributed by atoms with Crippen LogP contribution in [0.4, 0.5) is 4.39 Å². The molecule has 152 valence electrons. The Morgan fingerprint density at radius 3 is 2.75 bits per heavy atom. The molecule has 1 aliphatic heterocycles. The molecule has 0 spiro atoms. The molecule has 2 aromatic rings. The molecule has 1 N–H and O–H groups in total. The number of benzene rings is 1. The number of aromatic nitrogens is 2. The predicted molar refractivity (Wildman–Crippen MR) is 108 cm³/mol. The van der Waals surface area contributed by atoms with Gasteiger partial charge in [-0.05, 0) is 55.8 Å². The molecule has 6 nitrogen and oxygen atoms in total. The molecule has 2 unspecified atom stereocenters. The SMILES string of the molecule is CC1CC(C)CN(CCCCNC(=O)Cn2cnc3ccc(F)cc3c2=O)C1. The van der Waals surface area contributed by atoms with Crippen LogP contribution in [0, 0.1) is 17.7 Å². The van der Waals surface area contributed by atoms with Crippen LogP contribution in [0.15, 0.2) is 29.3 Å². The minimum absolute atomic E-state index is 0.112. The number of hydrogen-bond acceptors (Lipinski definition) is 4. The number of unbranched alkanes of at least 4 members (excludes halogenated alkanes) is 1. The maximum atomic E-state index is 13.4. The second-order valence-corrected chi connectivity index (χ2v) is 8.10. The van der Waals surface area contributed by atoms with Crippen LogP contribution in [0.3, 0.4) is 0 Å². The van der Waals surface area contributed by atoms with Crippen LogP contribution in [0.1, 0.15) is 33.1 Å². The fraction of sp³-hybridized carbons (Fsp3) is 0.571. The highest BCUT2D eigenvalue weighted by molar-refractivity contribution is 5.78. The minimum atomic E-state index is -0.494. The third-order valence-corrected chi connectivity index (χ3v) is 5.27. The van der Waals surface area contributed by atoms with E-state index in [-0.39, 0.29) is 17.8 Å². The van der Waals surface area contributed by atoms with E-state index < -0.39 is 11.4 Å². The Kier molecular flexibility index (Phi) is 6.78. The van der Waals surface area contributed by atoms with E-state index in [4.69, 9.17) is 0 Å². The van der Waals surface area contributed by atoms with E-state index in [1.165, 1.54) is 29.4 Å². The monoisotopic (exact) mass is 388 g/mol. The molecule has 1 aromatic heterocycles. The van der Waals surface area contributed by atoms with Crippen molar-refractivity contribution >= 4 is 16.8 Å². The quantitative estimate of drug-likeness (QED) is 0.740. The third kappa shape index (κ3) is 5.38. The highest BCUT2D eigenvalue weighted by Gasteiger charge is 2.20. The van der Waals surface area contributed by atoms with E-state index in [1.807, 2.05) is 0 Å². The molecule has 0 radical (unpaired) electrons. The second kappa shape index (κ2) is 9.28. The molecule has 0 bridgehead atoms. The van der Waals surface area contributed by atoms with Crippen molar-refractivity contribution in [3.05, 3.63) is 40.7 Å². The Bertz CT molecular complexity index is 872. The summed E-state index contributed by atoms with van der Waals surface area (Å²) in [6, 6.07) is 3.87. The molecular weight excluding hydrogens is 359 g/mol. The van der Waals surface area contributed by atoms with Crippen molar-refractivity contribution in [2.24, 2.45) is 11.8 Å². The van der Waals surface area contributed by atoms with E-state index in [1.54, 1.807) is 0 Å². The van der Waals surface area contributed by atoms with Crippen LogP contribution >= 0.6 is 0 Å². The first-order chi connectivity index (χ1) is 13.4. The molecule has 0 aliphatic carbocycles. The molecular formula is C21H29FN4O2. The van der Waals surface area contributed by atoms with Gasteiger partial charge in [-0.1, -0.05) is 13.8 Å². The molecule has 7 heteroatoms. The summed E-state index contributed by atoms with van der Waals surface area (Å²) >= 11 is 0. The summed E-state index contributed by atoms with van der Waals surface area (Å²) in [6.07, 6.45) is 4.58. The number of nitrogens with zero attached hydrogens (tertiary/aromatic N) is 3. The van der Waals surface area contributed by atoms with E-state index in [0.29, 0.717) is 12.1 Å². The standard InChI is InChI=1S/C21H29FN4O2/c1-15-9-16(2)12-25(11-15)8-4-3-7-23-20(27)13-26-14-24-19-6-5-17(22)10-18(19)21(26)28/h5-6,10,14-16H,3-4,7-9,11-13H2,1-2H3,(H,23,27). The van der Waals surface area contributed by atoms with Gasteiger partial charge in [0, 0.05) is 19.6 Å². The number of nitrogens with one attached hydrogen (secondary N) is 1. The number of halogens is 1. The lowest BCUT2D eigenvalue weighted by atomic mass is 9.92. The third-order valence-electron chi connectivity index (χ3n) is 5.27. The van der Waals surface area contributed by atoms with Crippen molar-refractivity contribution in [3.63, 3.8) is 0 Å². The van der Waals surface area contributed by atoms with Gasteiger partial charge in [0.1, 0.15) is 12.4 Å². The van der Waals surface area contributed by atoms with E-state index in [0.717, 1.165) is 50.4 Å². The van der Waals surface area contributed by atoms with Crippen molar-refractivity contribution in [2.45, 2.75) is 39.7 Å².